The maximum absolute atomic E-state index is 14.5. The summed E-state index contributed by atoms with van der Waals surface area (Å²) in [6, 6.07) is 13.9. The third-order valence-electron chi connectivity index (χ3n) is 6.24. The highest BCUT2D eigenvalue weighted by atomic mass is 35.5. The fourth-order valence-electron chi connectivity index (χ4n) is 4.33. The van der Waals surface area contributed by atoms with Crippen molar-refractivity contribution in [2.45, 2.75) is 13.5 Å². The number of anilines is 2. The molecule has 0 atom stereocenters. The number of methoxy groups -OCH3 is 1. The van der Waals surface area contributed by atoms with Crippen molar-refractivity contribution in [3.05, 3.63) is 70.5 Å². The molecule has 0 bridgehead atoms. The van der Waals surface area contributed by atoms with Crippen LogP contribution in [-0.4, -0.2) is 53.2 Å². The predicted octanol–water partition coefficient (Wildman–Crippen LogP) is 5.65. The number of fused-ring (bicyclic) bond motifs is 2. The molecule has 5 rings (SSSR count). The highest BCUT2D eigenvalue weighted by Gasteiger charge is 2.19. The lowest BCUT2D eigenvalue weighted by Crippen LogP contribution is -2.17. The first-order chi connectivity index (χ1) is 17.8. The first-order valence-corrected chi connectivity index (χ1v) is 12.1. The number of hydrogen-bond acceptors (Lipinski definition) is 5. The van der Waals surface area contributed by atoms with Gasteiger partial charge in [-0.1, -0.05) is 17.7 Å². The van der Waals surface area contributed by atoms with Crippen molar-refractivity contribution in [1.82, 2.24) is 19.5 Å². The van der Waals surface area contributed by atoms with Gasteiger partial charge in [-0.3, -0.25) is 10.1 Å². The van der Waals surface area contributed by atoms with Crippen molar-refractivity contribution in [2.75, 3.05) is 38.0 Å². The second-order valence-electron chi connectivity index (χ2n) is 8.97. The summed E-state index contributed by atoms with van der Waals surface area (Å²) in [6.07, 6.45) is 0. The maximum atomic E-state index is 14.5. The fourth-order valence-corrected chi connectivity index (χ4v) is 4.59. The lowest BCUT2D eigenvalue weighted by molar-refractivity contribution is 0.102. The van der Waals surface area contributed by atoms with Gasteiger partial charge in [-0.05, 0) is 55.0 Å². The third kappa shape index (κ3) is 4.63. The molecule has 2 aromatic heterocycles. The van der Waals surface area contributed by atoms with Crippen molar-refractivity contribution in [1.29, 1.82) is 0 Å². The van der Waals surface area contributed by atoms with E-state index in [1.807, 2.05) is 48.7 Å². The van der Waals surface area contributed by atoms with E-state index in [1.165, 1.54) is 6.07 Å². The molecule has 8 nitrogen and oxygen atoms in total. The molecule has 3 aromatic carbocycles. The molecule has 0 aliphatic carbocycles. The molecule has 0 unspecified atom stereocenters. The number of aromatic nitrogens is 4. The molecule has 37 heavy (non-hydrogen) atoms. The second-order valence-corrected chi connectivity index (χ2v) is 9.38. The number of amides is 1. The van der Waals surface area contributed by atoms with Gasteiger partial charge in [-0.25, -0.2) is 14.4 Å². The van der Waals surface area contributed by atoms with Gasteiger partial charge < -0.3 is 19.2 Å². The zero-order valence-electron chi connectivity index (χ0n) is 20.9. The standard InChI is InChI=1S/C27H26ClFN6O2/c1-15-12-16(13-21-24(15)32-25(30-21)23-18(28)6-5-7-19(23)29)26(36)33-27-31-20-14-17(34(2)3)8-9-22(20)35(27)10-11-37-4/h5-9,12-14H,10-11H2,1-4H3,(H,30,32)(H,31,33,36). The minimum Gasteiger partial charge on any atom is -0.383 e. The summed E-state index contributed by atoms with van der Waals surface area (Å²) in [4.78, 5) is 27.7. The van der Waals surface area contributed by atoms with Crippen LogP contribution in [0, 0.1) is 12.7 Å². The number of carbonyl (C=O) groups excluding carboxylic acids is 1. The number of H-pyrrole nitrogens is 1. The number of imidazole rings is 2. The topological polar surface area (TPSA) is 88.1 Å². The largest absolute Gasteiger partial charge is 0.383 e. The van der Waals surface area contributed by atoms with Gasteiger partial charge in [0.05, 0.1) is 39.3 Å². The Kier molecular flexibility index (Phi) is 6.57. The molecular weight excluding hydrogens is 495 g/mol. The number of nitrogens with one attached hydrogen (secondary N) is 2. The zero-order chi connectivity index (χ0) is 26.3. The van der Waals surface area contributed by atoms with E-state index in [0.717, 1.165) is 22.3 Å². The normalized spacial score (nSPS) is 11.4. The molecule has 0 radical (unpaired) electrons. The van der Waals surface area contributed by atoms with Gasteiger partial charge in [-0.2, -0.15) is 0 Å². The van der Waals surface area contributed by atoms with E-state index >= 15 is 0 Å². The van der Waals surface area contributed by atoms with Crippen LogP contribution in [0.2, 0.25) is 5.02 Å². The molecule has 1 amide bonds. The highest BCUT2D eigenvalue weighted by Crippen LogP contribution is 2.31. The van der Waals surface area contributed by atoms with Gasteiger partial charge in [0.1, 0.15) is 11.6 Å². The van der Waals surface area contributed by atoms with Crippen molar-refractivity contribution in [3.63, 3.8) is 0 Å². The second kappa shape index (κ2) is 9.84. The molecule has 0 saturated heterocycles. The predicted molar refractivity (Wildman–Crippen MR) is 145 cm³/mol. The third-order valence-corrected chi connectivity index (χ3v) is 6.56. The van der Waals surface area contributed by atoms with Crippen LogP contribution in [0.4, 0.5) is 16.0 Å². The Hall–Kier alpha value is -3.95. The average Bonchev–Trinajstić information content (AvgIpc) is 3.43. The first-order valence-electron chi connectivity index (χ1n) is 11.7. The summed E-state index contributed by atoms with van der Waals surface area (Å²) in [6.45, 7) is 2.85. The van der Waals surface area contributed by atoms with E-state index in [1.54, 1.807) is 31.4 Å². The van der Waals surface area contributed by atoms with E-state index in [0.29, 0.717) is 41.5 Å². The number of carbonyl (C=O) groups is 1. The number of nitrogens with zero attached hydrogens (tertiary/aromatic N) is 4. The van der Waals surface area contributed by atoms with Crippen LogP contribution >= 0.6 is 11.6 Å². The van der Waals surface area contributed by atoms with E-state index in [4.69, 9.17) is 21.3 Å². The molecule has 2 N–H and O–H groups in total. The minimum absolute atomic E-state index is 0.190. The summed E-state index contributed by atoms with van der Waals surface area (Å²) >= 11 is 6.23. The highest BCUT2D eigenvalue weighted by molar-refractivity contribution is 6.33. The van der Waals surface area contributed by atoms with E-state index in [-0.39, 0.29) is 16.5 Å². The molecule has 0 fully saturated rings. The zero-order valence-corrected chi connectivity index (χ0v) is 21.7. The number of hydrogen-bond donors (Lipinski definition) is 2. The van der Waals surface area contributed by atoms with Gasteiger partial charge >= 0.3 is 0 Å². The summed E-state index contributed by atoms with van der Waals surface area (Å²) in [5.41, 5.74) is 5.28. The van der Waals surface area contributed by atoms with Crippen LogP contribution in [0.15, 0.2) is 48.5 Å². The van der Waals surface area contributed by atoms with Crippen LogP contribution in [-0.2, 0) is 11.3 Å². The number of benzene rings is 3. The lowest BCUT2D eigenvalue weighted by Gasteiger charge is -2.12. The summed E-state index contributed by atoms with van der Waals surface area (Å²) in [5.74, 6) is -0.0850. The van der Waals surface area contributed by atoms with Crippen LogP contribution in [0.25, 0.3) is 33.5 Å². The Bertz CT molecular complexity index is 1620. The van der Waals surface area contributed by atoms with Crippen LogP contribution in [0.5, 0.6) is 0 Å². The monoisotopic (exact) mass is 520 g/mol. The summed E-state index contributed by atoms with van der Waals surface area (Å²) in [5, 5.41) is 3.20. The molecular formula is C27H26ClFN6O2. The van der Waals surface area contributed by atoms with Crippen LogP contribution < -0.4 is 10.2 Å². The number of halogens is 2. The van der Waals surface area contributed by atoms with Gasteiger partial charge in [0, 0.05) is 39.0 Å². The maximum Gasteiger partial charge on any atom is 0.258 e. The van der Waals surface area contributed by atoms with Gasteiger partial charge in [0.15, 0.2) is 0 Å². The van der Waals surface area contributed by atoms with Crippen molar-refractivity contribution >= 4 is 51.2 Å². The molecule has 190 valence electrons. The Morgan fingerprint density at radius 3 is 2.70 bits per heavy atom. The van der Waals surface area contributed by atoms with E-state index in [9.17, 15) is 9.18 Å². The van der Waals surface area contributed by atoms with Crippen LogP contribution in [0.3, 0.4) is 0 Å². The molecule has 0 spiro atoms. The van der Waals surface area contributed by atoms with Crippen molar-refractivity contribution in [3.8, 4) is 11.4 Å². The smallest absolute Gasteiger partial charge is 0.258 e. The Balaban J connectivity index is 1.51. The molecule has 10 heteroatoms. The fraction of sp³-hybridized carbons (Fsp3) is 0.222. The SMILES string of the molecule is COCCn1c(NC(=O)c2cc(C)c3[nH]c(-c4c(F)cccc4Cl)nc3c2)nc2cc(N(C)C)ccc21. The minimum atomic E-state index is -0.477. The molecule has 5 aromatic rings. The van der Waals surface area contributed by atoms with Crippen LogP contribution in [0.1, 0.15) is 15.9 Å². The number of aromatic amines is 1. The van der Waals surface area contributed by atoms with Gasteiger partial charge in [0.2, 0.25) is 5.95 Å². The van der Waals surface area contributed by atoms with E-state index in [2.05, 4.69) is 15.3 Å². The number of ether oxygens (including phenoxy) is 1. The molecule has 0 saturated carbocycles. The summed E-state index contributed by atoms with van der Waals surface area (Å²) < 4.78 is 21.7. The van der Waals surface area contributed by atoms with Crippen molar-refractivity contribution in [2.24, 2.45) is 0 Å². The Morgan fingerprint density at radius 1 is 1.16 bits per heavy atom. The lowest BCUT2D eigenvalue weighted by atomic mass is 10.1. The number of aryl methyl sites for hydroxylation is 1. The number of rotatable bonds is 7. The Labute approximate surface area is 218 Å². The average molecular weight is 521 g/mol. The summed E-state index contributed by atoms with van der Waals surface area (Å²) in [7, 11) is 5.56. The van der Waals surface area contributed by atoms with E-state index < -0.39 is 5.82 Å². The molecule has 0 aliphatic rings. The Morgan fingerprint density at radius 2 is 1.97 bits per heavy atom. The van der Waals surface area contributed by atoms with Gasteiger partial charge in [0.25, 0.3) is 5.91 Å². The van der Waals surface area contributed by atoms with Gasteiger partial charge in [-0.15, -0.1) is 0 Å². The molecule has 2 heterocycles. The molecule has 0 aliphatic heterocycles. The van der Waals surface area contributed by atoms with Crippen molar-refractivity contribution < 1.29 is 13.9 Å². The quantitative estimate of drug-likeness (QED) is 0.290. The first kappa shape index (κ1) is 24.7.